The van der Waals surface area contributed by atoms with Gasteiger partial charge < -0.3 is 0 Å². The number of hydrogen-bond donors (Lipinski definition) is 0. The lowest BCUT2D eigenvalue weighted by Crippen LogP contribution is -2.36. The van der Waals surface area contributed by atoms with Gasteiger partial charge in [-0.3, -0.25) is 0 Å². The van der Waals surface area contributed by atoms with Crippen LogP contribution in [-0.4, -0.2) is 0 Å². The van der Waals surface area contributed by atoms with E-state index in [1.54, 1.807) is 0 Å². The monoisotopic (exact) mass is 364 g/mol. The summed E-state index contributed by atoms with van der Waals surface area (Å²) in [5.41, 5.74) is 5.27. The minimum atomic E-state index is -0.257. The maximum atomic E-state index is 2.48. The highest BCUT2D eigenvalue weighted by atomic mass is 14.4. The van der Waals surface area contributed by atoms with Gasteiger partial charge in [-0.2, -0.15) is 0 Å². The molecule has 0 saturated heterocycles. The first-order chi connectivity index (χ1) is 13.5. The van der Waals surface area contributed by atoms with E-state index in [9.17, 15) is 0 Å². The van der Waals surface area contributed by atoms with Crippen LogP contribution in [0.15, 0.2) is 115 Å². The SMILES string of the molecule is CC(C)(C)C1=CC(C(c2ccccc2)(c2ccccc2)c2ccccc2)C=C1. The van der Waals surface area contributed by atoms with Crippen LogP contribution in [0.4, 0.5) is 0 Å². The molecule has 3 aromatic rings. The van der Waals surface area contributed by atoms with Gasteiger partial charge in [0.1, 0.15) is 0 Å². The van der Waals surface area contributed by atoms with Crippen LogP contribution in [-0.2, 0) is 5.41 Å². The molecule has 0 bridgehead atoms. The molecule has 0 aliphatic heterocycles. The summed E-state index contributed by atoms with van der Waals surface area (Å²) in [7, 11) is 0. The van der Waals surface area contributed by atoms with E-state index in [0.29, 0.717) is 0 Å². The molecule has 4 rings (SSSR count). The van der Waals surface area contributed by atoms with Gasteiger partial charge in [0.05, 0.1) is 5.41 Å². The summed E-state index contributed by atoms with van der Waals surface area (Å²) in [6.07, 6.45) is 7.20. The highest BCUT2D eigenvalue weighted by Gasteiger charge is 2.43. The van der Waals surface area contributed by atoms with Crippen molar-refractivity contribution >= 4 is 0 Å². The zero-order valence-corrected chi connectivity index (χ0v) is 17.0. The van der Waals surface area contributed by atoms with Crippen LogP contribution in [0.1, 0.15) is 37.5 Å². The Morgan fingerprint density at radius 3 is 1.29 bits per heavy atom. The lowest BCUT2D eigenvalue weighted by Gasteiger charge is -2.40. The molecule has 1 aliphatic rings. The van der Waals surface area contributed by atoms with Crippen LogP contribution in [0.2, 0.25) is 0 Å². The lowest BCUT2D eigenvalue weighted by molar-refractivity contribution is 0.500. The topological polar surface area (TPSA) is 0 Å². The zero-order chi connectivity index (χ0) is 19.6. The van der Waals surface area contributed by atoms with Crippen LogP contribution in [0, 0.1) is 11.3 Å². The molecule has 1 aliphatic carbocycles. The molecule has 140 valence electrons. The van der Waals surface area contributed by atoms with Crippen molar-refractivity contribution < 1.29 is 0 Å². The van der Waals surface area contributed by atoms with Crippen molar-refractivity contribution in [3.63, 3.8) is 0 Å². The maximum Gasteiger partial charge on any atom is 0.0548 e. The number of rotatable bonds is 4. The summed E-state index contributed by atoms with van der Waals surface area (Å²) in [5, 5.41) is 0. The highest BCUT2D eigenvalue weighted by molar-refractivity contribution is 5.55. The fraction of sp³-hybridized carbons (Fsp3) is 0.214. The van der Waals surface area contributed by atoms with Crippen molar-refractivity contribution in [1.82, 2.24) is 0 Å². The van der Waals surface area contributed by atoms with E-state index in [-0.39, 0.29) is 16.7 Å². The molecule has 0 saturated carbocycles. The van der Waals surface area contributed by atoms with E-state index in [1.165, 1.54) is 22.3 Å². The van der Waals surface area contributed by atoms with Gasteiger partial charge in [-0.05, 0) is 27.7 Å². The van der Waals surface area contributed by atoms with Gasteiger partial charge in [-0.1, -0.05) is 130 Å². The summed E-state index contributed by atoms with van der Waals surface area (Å²) in [6, 6.07) is 32.9. The summed E-state index contributed by atoms with van der Waals surface area (Å²) in [5.74, 6) is 0.258. The van der Waals surface area contributed by atoms with Crippen LogP contribution in [0.25, 0.3) is 0 Å². The number of benzene rings is 3. The molecule has 1 atom stereocenters. The summed E-state index contributed by atoms with van der Waals surface area (Å²) >= 11 is 0. The number of allylic oxidation sites excluding steroid dienone is 4. The largest absolute Gasteiger partial charge is 0.0757 e. The molecule has 28 heavy (non-hydrogen) atoms. The van der Waals surface area contributed by atoms with Crippen molar-refractivity contribution in [3.8, 4) is 0 Å². The van der Waals surface area contributed by atoms with Gasteiger partial charge >= 0.3 is 0 Å². The molecular weight excluding hydrogens is 336 g/mol. The predicted molar refractivity (Wildman–Crippen MR) is 119 cm³/mol. The third-order valence-electron chi connectivity index (χ3n) is 5.90. The third-order valence-corrected chi connectivity index (χ3v) is 5.90. The number of hydrogen-bond acceptors (Lipinski definition) is 0. The minimum absolute atomic E-state index is 0.140. The van der Waals surface area contributed by atoms with Crippen molar-refractivity contribution in [2.24, 2.45) is 11.3 Å². The standard InChI is InChI=1S/C28H28/c1-27(2,3)25-19-20-26(21-25)28(22-13-7-4-8-14-22,23-15-9-5-10-16-23)24-17-11-6-12-18-24/h4-21,26H,1-3H3. The predicted octanol–water partition coefficient (Wildman–Crippen LogP) is 7.18. The van der Waals surface area contributed by atoms with E-state index < -0.39 is 0 Å². The van der Waals surface area contributed by atoms with Gasteiger partial charge in [0.15, 0.2) is 0 Å². The fourth-order valence-electron chi connectivity index (χ4n) is 4.46. The summed E-state index contributed by atoms with van der Waals surface area (Å²) in [4.78, 5) is 0. The molecule has 3 aromatic carbocycles. The van der Waals surface area contributed by atoms with E-state index in [4.69, 9.17) is 0 Å². The molecule has 0 N–H and O–H groups in total. The Labute approximate surface area is 169 Å². The molecular formula is C28H28. The van der Waals surface area contributed by atoms with E-state index >= 15 is 0 Å². The molecule has 0 fully saturated rings. The average molecular weight is 365 g/mol. The van der Waals surface area contributed by atoms with E-state index in [0.717, 1.165) is 0 Å². The molecule has 0 heterocycles. The summed E-state index contributed by atoms with van der Waals surface area (Å²) in [6.45, 7) is 6.88. The molecule has 0 aromatic heterocycles. The van der Waals surface area contributed by atoms with Gasteiger partial charge in [0, 0.05) is 5.92 Å². The molecule has 0 heteroatoms. The molecule has 1 unspecified atom stereocenters. The van der Waals surface area contributed by atoms with Gasteiger partial charge in [-0.25, -0.2) is 0 Å². The van der Waals surface area contributed by atoms with E-state index in [2.05, 4.69) is 130 Å². The zero-order valence-electron chi connectivity index (χ0n) is 17.0. The van der Waals surface area contributed by atoms with Crippen molar-refractivity contribution in [3.05, 3.63) is 131 Å². The van der Waals surface area contributed by atoms with Crippen molar-refractivity contribution in [2.45, 2.75) is 26.2 Å². The maximum absolute atomic E-state index is 2.48. The second-order valence-corrected chi connectivity index (χ2v) is 8.66. The highest BCUT2D eigenvalue weighted by Crippen LogP contribution is 2.49. The van der Waals surface area contributed by atoms with Crippen LogP contribution in [0.5, 0.6) is 0 Å². The van der Waals surface area contributed by atoms with Crippen LogP contribution >= 0.6 is 0 Å². The normalized spacial score (nSPS) is 16.8. The Morgan fingerprint density at radius 2 is 0.964 bits per heavy atom. The second kappa shape index (κ2) is 7.28. The fourth-order valence-corrected chi connectivity index (χ4v) is 4.46. The van der Waals surface area contributed by atoms with Crippen molar-refractivity contribution in [1.29, 1.82) is 0 Å². The average Bonchev–Trinajstić information content (AvgIpc) is 3.22. The van der Waals surface area contributed by atoms with Crippen LogP contribution in [0.3, 0.4) is 0 Å². The summed E-state index contributed by atoms with van der Waals surface area (Å²) < 4.78 is 0. The first-order valence-corrected chi connectivity index (χ1v) is 10.1. The lowest BCUT2D eigenvalue weighted by atomic mass is 9.62. The smallest absolute Gasteiger partial charge is 0.0548 e. The Bertz CT molecular complexity index is 874. The van der Waals surface area contributed by atoms with Gasteiger partial charge in [0.25, 0.3) is 0 Å². The van der Waals surface area contributed by atoms with Crippen molar-refractivity contribution in [2.75, 3.05) is 0 Å². The molecule has 0 spiro atoms. The Hall–Kier alpha value is -2.86. The Balaban J connectivity index is 2.03. The first-order valence-electron chi connectivity index (χ1n) is 10.1. The van der Waals surface area contributed by atoms with E-state index in [1.807, 2.05) is 0 Å². The minimum Gasteiger partial charge on any atom is -0.0757 e. The van der Waals surface area contributed by atoms with Gasteiger partial charge in [-0.15, -0.1) is 0 Å². The molecule has 0 amide bonds. The Morgan fingerprint density at radius 1 is 0.571 bits per heavy atom. The second-order valence-electron chi connectivity index (χ2n) is 8.66. The quantitative estimate of drug-likeness (QED) is 0.430. The Kier molecular flexibility index (Phi) is 4.81. The van der Waals surface area contributed by atoms with Crippen LogP contribution < -0.4 is 0 Å². The first kappa shape index (κ1) is 18.5. The molecule has 0 radical (unpaired) electrons. The molecule has 0 nitrogen and oxygen atoms in total. The third kappa shape index (κ3) is 3.14. The van der Waals surface area contributed by atoms with Gasteiger partial charge in [0.2, 0.25) is 0 Å².